The van der Waals surface area contributed by atoms with Crippen LogP contribution in [-0.4, -0.2) is 32.7 Å². The number of urea groups is 1. The fourth-order valence-electron chi connectivity index (χ4n) is 4.29. The number of anilines is 3. The van der Waals surface area contributed by atoms with Crippen molar-refractivity contribution in [2.75, 3.05) is 36.3 Å². The highest BCUT2D eigenvalue weighted by molar-refractivity contribution is 6.02. The van der Waals surface area contributed by atoms with Gasteiger partial charge in [-0.2, -0.15) is 0 Å². The van der Waals surface area contributed by atoms with Crippen LogP contribution in [0.2, 0.25) is 0 Å². The van der Waals surface area contributed by atoms with E-state index in [-0.39, 0.29) is 17.9 Å². The highest BCUT2D eigenvalue weighted by Crippen LogP contribution is 2.35. The first-order valence-corrected chi connectivity index (χ1v) is 10.3. The molecule has 0 spiro atoms. The number of rotatable bonds is 5. The number of carbonyl (C=O) groups is 2. The van der Waals surface area contributed by atoms with Gasteiger partial charge in [0.15, 0.2) is 11.5 Å². The van der Waals surface area contributed by atoms with Gasteiger partial charge in [-0.1, -0.05) is 18.9 Å². The van der Waals surface area contributed by atoms with Crippen LogP contribution in [-0.2, 0) is 11.2 Å². The summed E-state index contributed by atoms with van der Waals surface area (Å²) in [7, 11) is 3.11. The normalized spacial score (nSPS) is 15.6. The Kier molecular flexibility index (Phi) is 5.79. The van der Waals surface area contributed by atoms with Gasteiger partial charge in [0.1, 0.15) is 0 Å². The summed E-state index contributed by atoms with van der Waals surface area (Å²) in [6.07, 6.45) is 5.09. The van der Waals surface area contributed by atoms with Gasteiger partial charge < -0.3 is 25.0 Å². The van der Waals surface area contributed by atoms with Crippen LogP contribution in [0.25, 0.3) is 0 Å². The highest BCUT2D eigenvalue weighted by Gasteiger charge is 2.32. The first-order valence-electron chi connectivity index (χ1n) is 10.3. The largest absolute Gasteiger partial charge is 0.493 e. The van der Waals surface area contributed by atoms with Crippen molar-refractivity contribution in [3.05, 3.63) is 42.0 Å². The molecule has 2 N–H and O–H groups in total. The minimum Gasteiger partial charge on any atom is -0.493 e. The maximum atomic E-state index is 12.9. The number of hydrogen-bond acceptors (Lipinski definition) is 4. The predicted molar refractivity (Wildman–Crippen MR) is 117 cm³/mol. The molecule has 2 aliphatic rings. The van der Waals surface area contributed by atoms with Gasteiger partial charge >= 0.3 is 6.03 Å². The van der Waals surface area contributed by atoms with Crippen LogP contribution >= 0.6 is 0 Å². The van der Waals surface area contributed by atoms with Crippen molar-refractivity contribution < 1.29 is 19.1 Å². The van der Waals surface area contributed by atoms with Crippen molar-refractivity contribution in [3.8, 4) is 11.5 Å². The van der Waals surface area contributed by atoms with E-state index in [0.717, 1.165) is 43.4 Å². The van der Waals surface area contributed by atoms with Crippen molar-refractivity contribution in [1.82, 2.24) is 0 Å². The first-order chi connectivity index (χ1) is 14.6. The molecule has 1 heterocycles. The molecule has 7 nitrogen and oxygen atoms in total. The standard InChI is InChI=1S/C23H27N3O4/c1-29-20-10-9-18(14-21(20)30-2)25-23(28)24-17-8-7-15-11-12-26(19(15)13-17)22(27)16-5-3-4-6-16/h7-10,13-14,16H,3-6,11-12H2,1-2H3,(H2,24,25,28). The molecule has 30 heavy (non-hydrogen) atoms. The Labute approximate surface area is 176 Å². The molecule has 0 bridgehead atoms. The average Bonchev–Trinajstić information content (AvgIpc) is 3.43. The number of nitrogens with one attached hydrogen (secondary N) is 2. The molecular weight excluding hydrogens is 382 g/mol. The van der Waals surface area contributed by atoms with E-state index in [4.69, 9.17) is 9.47 Å². The van der Waals surface area contributed by atoms with Crippen LogP contribution in [0.5, 0.6) is 11.5 Å². The molecule has 4 rings (SSSR count). The Morgan fingerprint density at radius 3 is 2.30 bits per heavy atom. The third-order valence-corrected chi connectivity index (χ3v) is 5.85. The number of nitrogens with zero attached hydrogens (tertiary/aromatic N) is 1. The lowest BCUT2D eigenvalue weighted by molar-refractivity contribution is -0.122. The van der Waals surface area contributed by atoms with Gasteiger partial charge in [-0.05, 0) is 49.1 Å². The molecule has 0 aromatic heterocycles. The Hall–Kier alpha value is -3.22. The van der Waals surface area contributed by atoms with Crippen molar-refractivity contribution >= 4 is 29.0 Å². The average molecular weight is 409 g/mol. The number of carbonyl (C=O) groups excluding carboxylic acids is 2. The van der Waals surface area contributed by atoms with Crippen molar-refractivity contribution in [1.29, 1.82) is 0 Å². The maximum Gasteiger partial charge on any atom is 0.323 e. The van der Waals surface area contributed by atoms with Crippen molar-refractivity contribution in [2.24, 2.45) is 5.92 Å². The Morgan fingerprint density at radius 2 is 1.60 bits per heavy atom. The molecule has 0 saturated heterocycles. The second-order valence-electron chi connectivity index (χ2n) is 7.71. The van der Waals surface area contributed by atoms with Gasteiger partial charge in [0.25, 0.3) is 0 Å². The SMILES string of the molecule is COc1ccc(NC(=O)Nc2ccc3c(c2)N(C(=O)C2CCCC2)CC3)cc1OC. The zero-order valence-corrected chi connectivity index (χ0v) is 17.4. The second-order valence-corrected chi connectivity index (χ2v) is 7.71. The fourth-order valence-corrected chi connectivity index (χ4v) is 4.29. The van der Waals surface area contributed by atoms with Crippen LogP contribution in [0.1, 0.15) is 31.2 Å². The molecule has 1 fully saturated rings. The molecular formula is C23H27N3O4. The van der Waals surface area contributed by atoms with Gasteiger partial charge in [0.05, 0.1) is 14.2 Å². The molecule has 1 aliphatic carbocycles. The number of fused-ring (bicyclic) bond motifs is 1. The highest BCUT2D eigenvalue weighted by atomic mass is 16.5. The number of hydrogen-bond donors (Lipinski definition) is 2. The molecule has 2 aromatic carbocycles. The lowest BCUT2D eigenvalue weighted by atomic mass is 10.1. The molecule has 0 radical (unpaired) electrons. The van der Waals surface area contributed by atoms with E-state index >= 15 is 0 Å². The minimum atomic E-state index is -0.367. The molecule has 3 amide bonds. The molecule has 1 aliphatic heterocycles. The lowest BCUT2D eigenvalue weighted by Gasteiger charge is -2.21. The third-order valence-electron chi connectivity index (χ3n) is 5.85. The monoisotopic (exact) mass is 409 g/mol. The third kappa shape index (κ3) is 4.06. The van der Waals surface area contributed by atoms with Gasteiger partial charge in [0, 0.05) is 35.6 Å². The zero-order chi connectivity index (χ0) is 21.1. The lowest BCUT2D eigenvalue weighted by Crippen LogP contribution is -2.33. The summed E-state index contributed by atoms with van der Waals surface area (Å²) < 4.78 is 10.5. The summed E-state index contributed by atoms with van der Waals surface area (Å²) >= 11 is 0. The van der Waals surface area contributed by atoms with Gasteiger partial charge in [-0.15, -0.1) is 0 Å². The summed E-state index contributed by atoms with van der Waals surface area (Å²) in [5.41, 5.74) is 3.30. The van der Waals surface area contributed by atoms with Crippen LogP contribution in [0.3, 0.4) is 0 Å². The Bertz CT molecular complexity index is 953. The molecule has 2 aromatic rings. The first kappa shape index (κ1) is 20.1. The summed E-state index contributed by atoms with van der Waals surface area (Å²) in [5, 5.41) is 5.65. The number of amides is 3. The van der Waals surface area contributed by atoms with E-state index in [1.807, 2.05) is 23.1 Å². The molecule has 7 heteroatoms. The van der Waals surface area contributed by atoms with E-state index in [1.54, 1.807) is 32.4 Å². The van der Waals surface area contributed by atoms with E-state index < -0.39 is 0 Å². The number of benzene rings is 2. The summed E-state index contributed by atoms with van der Waals surface area (Å²) in [5.74, 6) is 1.49. The van der Waals surface area contributed by atoms with Crippen LogP contribution < -0.4 is 25.0 Å². The predicted octanol–water partition coefficient (Wildman–Crippen LogP) is 4.43. The summed E-state index contributed by atoms with van der Waals surface area (Å²) in [6.45, 7) is 0.714. The van der Waals surface area contributed by atoms with Crippen molar-refractivity contribution in [3.63, 3.8) is 0 Å². The van der Waals surface area contributed by atoms with Crippen LogP contribution in [0, 0.1) is 5.92 Å². The fraction of sp³-hybridized carbons (Fsp3) is 0.391. The van der Waals surface area contributed by atoms with Gasteiger partial charge in [-0.3, -0.25) is 4.79 Å². The van der Waals surface area contributed by atoms with Crippen LogP contribution in [0.15, 0.2) is 36.4 Å². The molecule has 0 unspecified atom stereocenters. The van der Waals surface area contributed by atoms with Crippen LogP contribution in [0.4, 0.5) is 21.9 Å². The number of methoxy groups -OCH3 is 2. The molecule has 158 valence electrons. The van der Waals surface area contributed by atoms with E-state index in [1.165, 1.54) is 0 Å². The summed E-state index contributed by atoms with van der Waals surface area (Å²) in [6, 6.07) is 10.6. The minimum absolute atomic E-state index is 0.140. The Morgan fingerprint density at radius 1 is 0.933 bits per heavy atom. The summed E-state index contributed by atoms with van der Waals surface area (Å²) in [4.78, 5) is 27.3. The number of ether oxygens (including phenoxy) is 2. The zero-order valence-electron chi connectivity index (χ0n) is 17.4. The molecule has 1 saturated carbocycles. The van der Waals surface area contributed by atoms with E-state index in [0.29, 0.717) is 29.4 Å². The topological polar surface area (TPSA) is 79.9 Å². The van der Waals surface area contributed by atoms with E-state index in [2.05, 4.69) is 10.6 Å². The van der Waals surface area contributed by atoms with Gasteiger partial charge in [0.2, 0.25) is 5.91 Å². The second kappa shape index (κ2) is 8.65. The van der Waals surface area contributed by atoms with Gasteiger partial charge in [-0.25, -0.2) is 4.79 Å². The molecule has 0 atom stereocenters. The smallest absolute Gasteiger partial charge is 0.323 e. The van der Waals surface area contributed by atoms with E-state index in [9.17, 15) is 9.59 Å². The van der Waals surface area contributed by atoms with Crippen molar-refractivity contribution in [2.45, 2.75) is 32.1 Å². The maximum absolute atomic E-state index is 12.9. The quantitative estimate of drug-likeness (QED) is 0.766. The Balaban J connectivity index is 1.45.